The summed E-state index contributed by atoms with van der Waals surface area (Å²) in [7, 11) is 0. The van der Waals surface area contributed by atoms with Crippen LogP contribution in [0.5, 0.6) is 0 Å². The molecule has 2 fully saturated rings. The van der Waals surface area contributed by atoms with E-state index in [1.165, 1.54) is 0 Å². The van der Waals surface area contributed by atoms with E-state index in [4.69, 9.17) is 4.74 Å². The average Bonchev–Trinajstić information content (AvgIpc) is 3.07. The van der Waals surface area contributed by atoms with Crippen molar-refractivity contribution >= 4 is 11.9 Å². The topological polar surface area (TPSA) is 66.8 Å². The van der Waals surface area contributed by atoms with E-state index in [0.29, 0.717) is 38.2 Å². The molecule has 2 aromatic rings. The molecule has 2 aliphatic heterocycles. The molecule has 1 atom stereocenters. The molecule has 2 aliphatic rings. The number of hydrogen-bond donors (Lipinski definition) is 1. The number of benzene rings is 2. The Bertz CT molecular complexity index is 901. The Hall–Kier alpha value is -2.66. The molecule has 0 aromatic heterocycles. The first kappa shape index (κ1) is 18.7. The molecule has 2 saturated heterocycles. The SMILES string of the molecule is Cc1ccccc1-c1ccccc1C(=O)N1CC(C(=O)O)C2(CCOCC2)C1. The first-order valence-electron chi connectivity index (χ1n) is 9.77. The predicted molar refractivity (Wildman–Crippen MR) is 106 cm³/mol. The first-order chi connectivity index (χ1) is 13.5. The van der Waals surface area contributed by atoms with E-state index in [-0.39, 0.29) is 17.9 Å². The summed E-state index contributed by atoms with van der Waals surface area (Å²) in [5.74, 6) is -1.44. The van der Waals surface area contributed by atoms with Crippen molar-refractivity contribution in [3.63, 3.8) is 0 Å². The van der Waals surface area contributed by atoms with E-state index < -0.39 is 11.9 Å². The Kier molecular flexibility index (Phi) is 4.94. The minimum absolute atomic E-state index is 0.0894. The minimum Gasteiger partial charge on any atom is -0.481 e. The summed E-state index contributed by atoms with van der Waals surface area (Å²) in [6.45, 7) is 3.89. The number of carboxylic acid groups (broad SMARTS) is 1. The van der Waals surface area contributed by atoms with E-state index in [1.807, 2.05) is 55.5 Å². The molecule has 0 bridgehead atoms. The van der Waals surface area contributed by atoms with Gasteiger partial charge in [-0.25, -0.2) is 0 Å². The van der Waals surface area contributed by atoms with Crippen LogP contribution in [-0.2, 0) is 9.53 Å². The molecule has 4 rings (SSSR count). The third-order valence-electron chi connectivity index (χ3n) is 6.31. The van der Waals surface area contributed by atoms with Gasteiger partial charge in [-0.2, -0.15) is 0 Å². The van der Waals surface area contributed by atoms with Crippen molar-refractivity contribution in [3.05, 3.63) is 59.7 Å². The molecular weight excluding hydrogens is 354 g/mol. The highest BCUT2D eigenvalue weighted by atomic mass is 16.5. The molecule has 2 heterocycles. The van der Waals surface area contributed by atoms with Crippen LogP contribution >= 0.6 is 0 Å². The largest absolute Gasteiger partial charge is 0.481 e. The zero-order valence-electron chi connectivity index (χ0n) is 16.1. The number of aryl methyl sites for hydroxylation is 1. The molecule has 5 nitrogen and oxygen atoms in total. The number of carbonyl (C=O) groups excluding carboxylic acids is 1. The van der Waals surface area contributed by atoms with Gasteiger partial charge in [0.15, 0.2) is 0 Å². The van der Waals surface area contributed by atoms with Crippen molar-refractivity contribution < 1.29 is 19.4 Å². The maximum absolute atomic E-state index is 13.4. The van der Waals surface area contributed by atoms with Gasteiger partial charge in [0, 0.05) is 37.3 Å². The molecule has 1 unspecified atom stereocenters. The van der Waals surface area contributed by atoms with Crippen molar-refractivity contribution in [2.75, 3.05) is 26.3 Å². The lowest BCUT2D eigenvalue weighted by atomic mass is 9.72. The van der Waals surface area contributed by atoms with Gasteiger partial charge in [0.1, 0.15) is 0 Å². The van der Waals surface area contributed by atoms with Crippen LogP contribution in [0.4, 0.5) is 0 Å². The van der Waals surface area contributed by atoms with Gasteiger partial charge in [-0.3, -0.25) is 9.59 Å². The molecule has 0 radical (unpaired) electrons. The lowest BCUT2D eigenvalue weighted by Crippen LogP contribution is -2.40. The third kappa shape index (κ3) is 3.20. The van der Waals surface area contributed by atoms with E-state index in [1.54, 1.807) is 4.90 Å². The van der Waals surface area contributed by atoms with Crippen molar-refractivity contribution in [2.45, 2.75) is 19.8 Å². The minimum atomic E-state index is -0.815. The fraction of sp³-hybridized carbons (Fsp3) is 0.391. The zero-order valence-corrected chi connectivity index (χ0v) is 16.1. The third-order valence-corrected chi connectivity index (χ3v) is 6.31. The Morgan fingerprint density at radius 2 is 1.68 bits per heavy atom. The van der Waals surface area contributed by atoms with Gasteiger partial charge in [-0.1, -0.05) is 42.5 Å². The van der Waals surface area contributed by atoms with E-state index in [0.717, 1.165) is 16.7 Å². The normalized spacial score (nSPS) is 21.0. The van der Waals surface area contributed by atoms with Crippen LogP contribution in [0.25, 0.3) is 11.1 Å². The highest BCUT2D eigenvalue weighted by molar-refractivity contribution is 6.01. The maximum Gasteiger partial charge on any atom is 0.308 e. The van der Waals surface area contributed by atoms with Crippen molar-refractivity contribution in [3.8, 4) is 11.1 Å². The second-order valence-electron chi connectivity index (χ2n) is 7.91. The number of carboxylic acids is 1. The number of aliphatic carboxylic acids is 1. The smallest absolute Gasteiger partial charge is 0.308 e. The van der Waals surface area contributed by atoms with Crippen LogP contribution in [0.15, 0.2) is 48.5 Å². The summed E-state index contributed by atoms with van der Waals surface area (Å²) in [6.07, 6.45) is 1.38. The molecular formula is C23H25NO4. The van der Waals surface area contributed by atoms with Gasteiger partial charge in [0.05, 0.1) is 5.92 Å². The van der Waals surface area contributed by atoms with Crippen molar-refractivity contribution in [2.24, 2.45) is 11.3 Å². The number of nitrogens with zero attached hydrogens (tertiary/aromatic N) is 1. The summed E-state index contributed by atoms with van der Waals surface area (Å²) < 4.78 is 5.46. The zero-order chi connectivity index (χ0) is 19.7. The maximum atomic E-state index is 13.4. The molecule has 1 N–H and O–H groups in total. The molecule has 2 aromatic carbocycles. The number of carbonyl (C=O) groups is 2. The Balaban J connectivity index is 1.68. The summed E-state index contributed by atoms with van der Waals surface area (Å²) in [5.41, 5.74) is 3.28. The van der Waals surface area contributed by atoms with Gasteiger partial charge in [0.25, 0.3) is 5.91 Å². The lowest BCUT2D eigenvalue weighted by Gasteiger charge is -2.36. The van der Waals surface area contributed by atoms with Gasteiger partial charge in [-0.15, -0.1) is 0 Å². The Morgan fingerprint density at radius 1 is 1.04 bits per heavy atom. The molecule has 0 saturated carbocycles. The van der Waals surface area contributed by atoms with Crippen molar-refractivity contribution in [1.82, 2.24) is 4.90 Å². The van der Waals surface area contributed by atoms with Gasteiger partial charge >= 0.3 is 5.97 Å². The molecule has 1 amide bonds. The predicted octanol–water partition coefficient (Wildman–Crippen LogP) is 3.62. The fourth-order valence-electron chi connectivity index (χ4n) is 4.70. The number of rotatable bonds is 3. The molecule has 28 heavy (non-hydrogen) atoms. The Labute approximate surface area is 164 Å². The second kappa shape index (κ2) is 7.40. The average molecular weight is 379 g/mol. The second-order valence-corrected chi connectivity index (χ2v) is 7.91. The number of ether oxygens (including phenoxy) is 1. The number of likely N-dealkylation sites (tertiary alicyclic amines) is 1. The first-order valence-corrected chi connectivity index (χ1v) is 9.77. The summed E-state index contributed by atoms with van der Waals surface area (Å²) in [6, 6.07) is 15.6. The number of amides is 1. The monoisotopic (exact) mass is 379 g/mol. The molecule has 0 aliphatic carbocycles. The van der Waals surface area contributed by atoms with Crippen LogP contribution in [0.1, 0.15) is 28.8 Å². The van der Waals surface area contributed by atoms with Gasteiger partial charge < -0.3 is 14.7 Å². The van der Waals surface area contributed by atoms with Gasteiger partial charge in [0.2, 0.25) is 0 Å². The highest BCUT2D eigenvalue weighted by Gasteiger charge is 2.52. The van der Waals surface area contributed by atoms with Crippen LogP contribution in [0.2, 0.25) is 0 Å². The fourth-order valence-corrected chi connectivity index (χ4v) is 4.70. The van der Waals surface area contributed by atoms with Crippen LogP contribution in [0, 0.1) is 18.3 Å². The quantitative estimate of drug-likeness (QED) is 0.885. The summed E-state index contributed by atoms with van der Waals surface area (Å²) in [4.78, 5) is 27.1. The number of hydrogen-bond acceptors (Lipinski definition) is 3. The molecule has 1 spiro atoms. The standard InChI is InChI=1S/C23H25NO4/c1-16-6-2-3-7-17(16)18-8-4-5-9-19(18)21(25)24-14-20(22(26)27)23(15-24)10-12-28-13-11-23/h2-9,20H,10-15H2,1H3,(H,26,27). The summed E-state index contributed by atoms with van der Waals surface area (Å²) >= 11 is 0. The van der Waals surface area contributed by atoms with E-state index >= 15 is 0 Å². The van der Waals surface area contributed by atoms with Crippen LogP contribution < -0.4 is 0 Å². The van der Waals surface area contributed by atoms with E-state index in [2.05, 4.69) is 0 Å². The van der Waals surface area contributed by atoms with Crippen molar-refractivity contribution in [1.29, 1.82) is 0 Å². The van der Waals surface area contributed by atoms with Crippen LogP contribution in [-0.4, -0.2) is 48.2 Å². The van der Waals surface area contributed by atoms with Gasteiger partial charge in [-0.05, 0) is 42.5 Å². The van der Waals surface area contributed by atoms with Crippen LogP contribution in [0.3, 0.4) is 0 Å². The molecule has 5 heteroatoms. The highest BCUT2D eigenvalue weighted by Crippen LogP contribution is 2.45. The Morgan fingerprint density at radius 3 is 2.36 bits per heavy atom. The van der Waals surface area contributed by atoms with E-state index in [9.17, 15) is 14.7 Å². The lowest BCUT2D eigenvalue weighted by molar-refractivity contribution is -0.146. The molecule has 146 valence electrons. The summed E-state index contributed by atoms with van der Waals surface area (Å²) in [5, 5.41) is 9.79.